The van der Waals surface area contributed by atoms with Crippen molar-refractivity contribution in [3.05, 3.63) is 35.2 Å². The van der Waals surface area contributed by atoms with Crippen LogP contribution in [0.3, 0.4) is 0 Å². The van der Waals surface area contributed by atoms with Gasteiger partial charge in [-0.2, -0.15) is 4.98 Å². The van der Waals surface area contributed by atoms with Gasteiger partial charge in [-0.15, -0.1) is 16.4 Å². The lowest BCUT2D eigenvalue weighted by atomic mass is 10.1. The number of rotatable bonds is 5. The van der Waals surface area contributed by atoms with Crippen molar-refractivity contribution < 1.29 is 4.79 Å². The van der Waals surface area contributed by atoms with E-state index in [4.69, 9.17) is 0 Å². The molecule has 2 heterocycles. The number of aromatic nitrogens is 3. The minimum Gasteiger partial charge on any atom is -0.293 e. The predicted molar refractivity (Wildman–Crippen MR) is 89.2 cm³/mol. The first-order chi connectivity index (χ1) is 10.7. The van der Waals surface area contributed by atoms with Crippen molar-refractivity contribution in [3.63, 3.8) is 0 Å². The number of amides is 1. The minimum atomic E-state index is -0.0306. The number of thiazole rings is 1. The number of anilines is 1. The standard InChI is InChI=1S/C16H18N4OS/c1-3-4-5-14(21)17-15-18-16-20(19-15)13(10-22-16)12-8-6-11(2)7-9-12/h6-10H,3-5H2,1-2H3,(H,17,19,21). The Hall–Kier alpha value is -2.21. The highest BCUT2D eigenvalue weighted by Crippen LogP contribution is 2.26. The molecule has 1 aromatic carbocycles. The summed E-state index contributed by atoms with van der Waals surface area (Å²) in [5, 5.41) is 9.20. The molecule has 0 radical (unpaired) electrons. The van der Waals surface area contributed by atoms with E-state index in [1.807, 2.05) is 5.38 Å². The molecule has 0 saturated carbocycles. The van der Waals surface area contributed by atoms with Crippen LogP contribution in [0.2, 0.25) is 0 Å². The third-order valence-electron chi connectivity index (χ3n) is 3.44. The lowest BCUT2D eigenvalue weighted by Gasteiger charge is -2.00. The van der Waals surface area contributed by atoms with E-state index in [0.29, 0.717) is 12.4 Å². The summed E-state index contributed by atoms with van der Waals surface area (Å²) < 4.78 is 1.78. The van der Waals surface area contributed by atoms with Crippen LogP contribution in [0.5, 0.6) is 0 Å². The molecule has 0 saturated heterocycles. The number of nitrogens with zero attached hydrogens (tertiary/aromatic N) is 3. The molecule has 3 rings (SSSR count). The van der Waals surface area contributed by atoms with E-state index in [9.17, 15) is 4.79 Å². The highest BCUT2D eigenvalue weighted by Gasteiger charge is 2.13. The third-order valence-corrected chi connectivity index (χ3v) is 4.25. The first kappa shape index (κ1) is 14.7. The molecule has 5 nitrogen and oxygen atoms in total. The van der Waals surface area contributed by atoms with Crippen LogP contribution in [0.25, 0.3) is 16.2 Å². The maximum absolute atomic E-state index is 11.8. The summed E-state index contributed by atoms with van der Waals surface area (Å²) in [5.41, 5.74) is 3.30. The Morgan fingerprint density at radius 3 is 2.82 bits per heavy atom. The van der Waals surface area contributed by atoms with E-state index in [1.54, 1.807) is 4.52 Å². The highest BCUT2D eigenvalue weighted by molar-refractivity contribution is 7.15. The van der Waals surface area contributed by atoms with Crippen LogP contribution >= 0.6 is 11.3 Å². The molecule has 0 fully saturated rings. The smallest absolute Gasteiger partial charge is 0.250 e. The van der Waals surface area contributed by atoms with Gasteiger partial charge in [-0.25, -0.2) is 4.52 Å². The number of aryl methyl sites for hydroxylation is 1. The van der Waals surface area contributed by atoms with E-state index >= 15 is 0 Å². The fourth-order valence-corrected chi connectivity index (χ4v) is 3.01. The molecular weight excluding hydrogens is 296 g/mol. The Bertz CT molecular complexity index is 788. The second-order valence-electron chi connectivity index (χ2n) is 5.27. The van der Waals surface area contributed by atoms with E-state index < -0.39 is 0 Å². The topological polar surface area (TPSA) is 59.3 Å². The van der Waals surface area contributed by atoms with Crippen LogP contribution in [0, 0.1) is 6.92 Å². The van der Waals surface area contributed by atoms with Crippen LogP contribution < -0.4 is 5.32 Å². The van der Waals surface area contributed by atoms with Crippen molar-refractivity contribution in [2.75, 3.05) is 5.32 Å². The van der Waals surface area contributed by atoms with Gasteiger partial charge in [-0.05, 0) is 13.3 Å². The van der Waals surface area contributed by atoms with Crippen LogP contribution in [0.15, 0.2) is 29.6 Å². The summed E-state index contributed by atoms with van der Waals surface area (Å²) >= 11 is 1.52. The lowest BCUT2D eigenvalue weighted by molar-refractivity contribution is -0.116. The van der Waals surface area contributed by atoms with Crippen LogP contribution in [-0.2, 0) is 4.79 Å². The van der Waals surface area contributed by atoms with Gasteiger partial charge in [0.1, 0.15) is 0 Å². The first-order valence-corrected chi connectivity index (χ1v) is 8.26. The second-order valence-corrected chi connectivity index (χ2v) is 6.11. The summed E-state index contributed by atoms with van der Waals surface area (Å²) in [7, 11) is 0. The molecule has 1 N–H and O–H groups in total. The molecule has 0 atom stereocenters. The van der Waals surface area contributed by atoms with Crippen LogP contribution in [0.4, 0.5) is 5.95 Å². The molecule has 0 spiro atoms. The number of carbonyl (C=O) groups is 1. The predicted octanol–water partition coefficient (Wildman–Crippen LogP) is 3.89. The fraction of sp³-hybridized carbons (Fsp3) is 0.312. The van der Waals surface area contributed by atoms with E-state index in [0.717, 1.165) is 29.1 Å². The van der Waals surface area contributed by atoms with Gasteiger partial charge in [-0.1, -0.05) is 43.2 Å². The molecular formula is C16H18N4OS. The maximum Gasteiger partial charge on any atom is 0.250 e. The fourth-order valence-electron chi connectivity index (χ4n) is 2.18. The lowest BCUT2D eigenvalue weighted by Crippen LogP contribution is -2.12. The zero-order chi connectivity index (χ0) is 15.5. The number of carbonyl (C=O) groups excluding carboxylic acids is 1. The summed E-state index contributed by atoms with van der Waals surface area (Å²) in [4.78, 5) is 16.9. The Labute approximate surface area is 133 Å². The molecule has 0 aliphatic carbocycles. The molecule has 1 amide bonds. The van der Waals surface area contributed by atoms with Crippen molar-refractivity contribution in [1.29, 1.82) is 0 Å². The van der Waals surface area contributed by atoms with Gasteiger partial charge < -0.3 is 0 Å². The average Bonchev–Trinajstić information content (AvgIpc) is 3.06. The molecule has 0 aliphatic rings. The number of nitrogens with one attached hydrogen (secondary N) is 1. The Balaban J connectivity index is 1.85. The largest absolute Gasteiger partial charge is 0.293 e. The van der Waals surface area contributed by atoms with Crippen molar-refractivity contribution in [1.82, 2.24) is 14.6 Å². The number of fused-ring (bicyclic) bond motifs is 1. The molecule has 0 unspecified atom stereocenters. The van der Waals surface area contributed by atoms with Crippen molar-refractivity contribution >= 4 is 28.2 Å². The van der Waals surface area contributed by atoms with Gasteiger partial charge in [0.15, 0.2) is 0 Å². The zero-order valence-corrected chi connectivity index (χ0v) is 13.5. The normalized spacial score (nSPS) is 11.0. The first-order valence-electron chi connectivity index (χ1n) is 7.38. The van der Waals surface area contributed by atoms with Crippen LogP contribution in [0.1, 0.15) is 31.7 Å². The number of unbranched alkanes of at least 4 members (excludes halogenated alkanes) is 1. The molecule has 114 valence electrons. The number of hydrogen-bond donors (Lipinski definition) is 1. The molecule has 2 aromatic heterocycles. The highest BCUT2D eigenvalue weighted by atomic mass is 32.1. The van der Waals surface area contributed by atoms with Gasteiger partial charge >= 0.3 is 0 Å². The molecule has 0 aliphatic heterocycles. The summed E-state index contributed by atoms with van der Waals surface area (Å²) in [6.45, 7) is 4.12. The SMILES string of the molecule is CCCCC(=O)Nc1nc2scc(-c3ccc(C)cc3)n2n1. The Morgan fingerprint density at radius 2 is 2.09 bits per heavy atom. The summed E-state index contributed by atoms with van der Waals surface area (Å²) in [5.74, 6) is 0.346. The second kappa shape index (κ2) is 6.27. The van der Waals surface area contributed by atoms with Gasteiger partial charge in [0.05, 0.1) is 5.69 Å². The Kier molecular flexibility index (Phi) is 4.20. The quantitative estimate of drug-likeness (QED) is 0.777. The van der Waals surface area contributed by atoms with Gasteiger partial charge in [0, 0.05) is 17.4 Å². The van der Waals surface area contributed by atoms with Gasteiger partial charge in [0.25, 0.3) is 0 Å². The number of benzene rings is 1. The minimum absolute atomic E-state index is 0.0306. The molecule has 6 heteroatoms. The molecule has 0 bridgehead atoms. The maximum atomic E-state index is 11.8. The van der Waals surface area contributed by atoms with Crippen molar-refractivity contribution in [3.8, 4) is 11.3 Å². The van der Waals surface area contributed by atoms with Crippen molar-refractivity contribution in [2.24, 2.45) is 0 Å². The average molecular weight is 314 g/mol. The molecule has 3 aromatic rings. The Morgan fingerprint density at radius 1 is 1.32 bits per heavy atom. The van der Waals surface area contributed by atoms with E-state index in [1.165, 1.54) is 16.9 Å². The van der Waals surface area contributed by atoms with Crippen LogP contribution in [-0.4, -0.2) is 20.5 Å². The van der Waals surface area contributed by atoms with Gasteiger partial charge in [0.2, 0.25) is 16.8 Å². The number of hydrogen-bond acceptors (Lipinski definition) is 4. The zero-order valence-electron chi connectivity index (χ0n) is 12.7. The van der Waals surface area contributed by atoms with E-state index in [2.05, 4.69) is 53.5 Å². The third kappa shape index (κ3) is 3.01. The summed E-state index contributed by atoms with van der Waals surface area (Å²) in [6, 6.07) is 8.28. The van der Waals surface area contributed by atoms with E-state index in [-0.39, 0.29) is 5.91 Å². The molecule has 22 heavy (non-hydrogen) atoms. The van der Waals surface area contributed by atoms with Crippen molar-refractivity contribution in [2.45, 2.75) is 33.1 Å². The van der Waals surface area contributed by atoms with Gasteiger partial charge in [-0.3, -0.25) is 10.1 Å². The monoisotopic (exact) mass is 314 g/mol. The summed E-state index contributed by atoms with van der Waals surface area (Å²) in [6.07, 6.45) is 2.38.